The zero-order valence-corrected chi connectivity index (χ0v) is 29.1. The molecule has 9 heteroatoms. The van der Waals surface area contributed by atoms with Gasteiger partial charge in [-0.25, -0.2) is 0 Å². The van der Waals surface area contributed by atoms with Gasteiger partial charge in [-0.2, -0.15) is 0 Å². The number of likely N-dealkylation sites (N-methyl/N-ethyl adjacent to an activating group) is 2. The molecule has 4 aliphatic heterocycles. The minimum atomic E-state index is -0.375. The summed E-state index contributed by atoms with van der Waals surface area (Å²) >= 11 is 0. The van der Waals surface area contributed by atoms with Gasteiger partial charge in [0.05, 0.1) is 21.3 Å². The summed E-state index contributed by atoms with van der Waals surface area (Å²) in [6.45, 7) is 3.53. The van der Waals surface area contributed by atoms with Crippen LogP contribution in [0.25, 0.3) is 0 Å². The molecule has 8 rings (SSSR count). The number of benzene rings is 4. The van der Waals surface area contributed by atoms with Gasteiger partial charge in [0, 0.05) is 37.2 Å². The molecule has 4 aromatic carbocycles. The van der Waals surface area contributed by atoms with Crippen LogP contribution in [0.5, 0.6) is 46.0 Å². The first kappa shape index (κ1) is 32.8. The fourth-order valence-corrected chi connectivity index (χ4v) is 7.36. The minimum Gasteiger partial charge on any atom is -0.493 e. The normalized spacial score (nSPS) is 18.7. The Morgan fingerprint density at radius 1 is 0.735 bits per heavy atom. The maximum absolute atomic E-state index is 12.9. The Hall–Kier alpha value is -4.73. The average molecular weight is 665 g/mol. The summed E-state index contributed by atoms with van der Waals surface area (Å²) in [6.07, 6.45) is 3.31. The molecule has 0 saturated carbocycles. The maximum atomic E-state index is 12.9. The zero-order valence-electron chi connectivity index (χ0n) is 29.1. The summed E-state index contributed by atoms with van der Waals surface area (Å²) in [4.78, 5) is 17.7. The van der Waals surface area contributed by atoms with Crippen LogP contribution < -0.4 is 28.4 Å². The Balaban J connectivity index is 1.48. The van der Waals surface area contributed by atoms with E-state index in [1.165, 1.54) is 16.7 Å². The molecule has 49 heavy (non-hydrogen) atoms. The second-order valence-electron chi connectivity index (χ2n) is 13.1. The standard InChI is InChI=1S/C40H44N2O7/c1-7-37(43)49-39-36(46-6)22-27-15-17-42(3)31-19-25-10-13-32(44-4)34(20-25)47-28-11-8-24(9-12-28)18-30-29-23-35(48-40(39)38(27)31)33(45-5)21-26(29)14-16-41(30)2/h8-13,20-23,30-31H,7,14-19H2,1-6H3/t30-,31+/m0/s1. The number of hydrogen-bond donors (Lipinski definition) is 0. The van der Waals surface area contributed by atoms with Gasteiger partial charge >= 0.3 is 5.97 Å². The third kappa shape index (κ3) is 6.29. The summed E-state index contributed by atoms with van der Waals surface area (Å²) in [7, 11) is 9.20. The van der Waals surface area contributed by atoms with E-state index in [9.17, 15) is 4.79 Å². The molecular formula is C40H44N2O7. The Bertz CT molecular complexity index is 1870. The van der Waals surface area contributed by atoms with E-state index in [2.05, 4.69) is 54.2 Å². The number of esters is 1. The van der Waals surface area contributed by atoms with E-state index in [1.807, 2.05) is 30.3 Å². The van der Waals surface area contributed by atoms with Crippen molar-refractivity contribution in [3.63, 3.8) is 0 Å². The molecule has 6 bridgehead atoms. The van der Waals surface area contributed by atoms with Crippen molar-refractivity contribution in [2.24, 2.45) is 0 Å². The Morgan fingerprint density at radius 3 is 2.08 bits per heavy atom. The van der Waals surface area contributed by atoms with Crippen molar-refractivity contribution in [3.8, 4) is 46.0 Å². The number of hydrogen-bond acceptors (Lipinski definition) is 9. The molecule has 256 valence electrons. The van der Waals surface area contributed by atoms with Crippen LogP contribution in [-0.2, 0) is 30.5 Å². The van der Waals surface area contributed by atoms with Crippen LogP contribution in [0.2, 0.25) is 0 Å². The Morgan fingerprint density at radius 2 is 1.37 bits per heavy atom. The molecule has 0 amide bonds. The molecule has 0 fully saturated rings. The van der Waals surface area contributed by atoms with Crippen molar-refractivity contribution < 1.29 is 33.2 Å². The highest BCUT2D eigenvalue weighted by molar-refractivity contribution is 5.76. The summed E-state index contributed by atoms with van der Waals surface area (Å²) in [5.74, 6) is 4.06. The van der Waals surface area contributed by atoms with Crippen molar-refractivity contribution in [3.05, 3.63) is 94.0 Å². The molecule has 4 heterocycles. The van der Waals surface area contributed by atoms with Crippen molar-refractivity contribution in [1.82, 2.24) is 9.80 Å². The first-order valence-electron chi connectivity index (χ1n) is 17.0. The van der Waals surface area contributed by atoms with E-state index in [0.29, 0.717) is 40.9 Å². The second kappa shape index (κ2) is 13.6. The number of carbonyl (C=O) groups is 1. The maximum Gasteiger partial charge on any atom is 0.311 e. The van der Waals surface area contributed by atoms with E-state index in [4.69, 9.17) is 28.4 Å². The zero-order chi connectivity index (χ0) is 34.2. The highest BCUT2D eigenvalue weighted by Crippen LogP contribution is 2.52. The lowest BCUT2D eigenvalue weighted by atomic mass is 9.87. The molecule has 4 aromatic rings. The van der Waals surface area contributed by atoms with Crippen LogP contribution in [0, 0.1) is 0 Å². The lowest BCUT2D eigenvalue weighted by molar-refractivity contribution is -0.134. The van der Waals surface area contributed by atoms with E-state index >= 15 is 0 Å². The molecule has 0 unspecified atom stereocenters. The molecule has 0 spiro atoms. The van der Waals surface area contributed by atoms with Crippen LogP contribution in [-0.4, -0.2) is 64.3 Å². The van der Waals surface area contributed by atoms with Crippen molar-refractivity contribution in [2.75, 3.05) is 48.5 Å². The lowest BCUT2D eigenvalue weighted by Crippen LogP contribution is -2.34. The first-order chi connectivity index (χ1) is 23.8. The molecule has 0 N–H and O–H groups in total. The number of fused-ring (bicyclic) bond motifs is 2. The van der Waals surface area contributed by atoms with Gasteiger partial charge in [-0.15, -0.1) is 0 Å². The van der Waals surface area contributed by atoms with Gasteiger partial charge in [0.2, 0.25) is 5.75 Å². The summed E-state index contributed by atoms with van der Waals surface area (Å²) in [6, 6.07) is 20.6. The SMILES string of the molecule is CCC(=O)Oc1c(OC)cc2c3c1Oc1cc4c(cc1OC)CCN(C)[C@H]4Cc1ccc(cc1)Oc1cc(ccc1OC)C[C@H]3N(C)CC2. The van der Waals surface area contributed by atoms with Crippen molar-refractivity contribution in [2.45, 2.75) is 51.1 Å². The molecular weight excluding hydrogens is 620 g/mol. The number of ether oxygens (including phenoxy) is 6. The van der Waals surface area contributed by atoms with Gasteiger partial charge < -0.3 is 28.4 Å². The number of rotatable bonds is 5. The third-order valence-corrected chi connectivity index (χ3v) is 10.1. The molecule has 0 saturated heterocycles. The number of nitrogens with zero attached hydrogens (tertiary/aromatic N) is 2. The van der Waals surface area contributed by atoms with Crippen molar-refractivity contribution >= 4 is 5.97 Å². The quantitative estimate of drug-likeness (QED) is 0.160. The van der Waals surface area contributed by atoms with E-state index in [1.54, 1.807) is 28.3 Å². The highest BCUT2D eigenvalue weighted by atomic mass is 16.6. The summed E-state index contributed by atoms with van der Waals surface area (Å²) in [5, 5.41) is 0. The summed E-state index contributed by atoms with van der Waals surface area (Å²) in [5.41, 5.74) is 6.71. The predicted molar refractivity (Wildman–Crippen MR) is 187 cm³/mol. The molecule has 9 nitrogen and oxygen atoms in total. The van der Waals surface area contributed by atoms with Crippen LogP contribution in [0.3, 0.4) is 0 Å². The first-order valence-corrected chi connectivity index (χ1v) is 17.0. The lowest BCUT2D eigenvalue weighted by Gasteiger charge is -2.37. The number of carbonyl (C=O) groups excluding carboxylic acids is 1. The predicted octanol–water partition coefficient (Wildman–Crippen LogP) is 7.47. The molecule has 4 aliphatic rings. The monoisotopic (exact) mass is 664 g/mol. The third-order valence-electron chi connectivity index (χ3n) is 10.1. The topological polar surface area (TPSA) is 78.9 Å². The second-order valence-corrected chi connectivity index (χ2v) is 13.1. The van der Waals surface area contributed by atoms with E-state index in [-0.39, 0.29) is 30.2 Å². The molecule has 0 aromatic heterocycles. The van der Waals surface area contributed by atoms with Crippen LogP contribution in [0.1, 0.15) is 58.8 Å². The summed E-state index contributed by atoms with van der Waals surface area (Å²) < 4.78 is 37.1. The molecule has 2 atom stereocenters. The smallest absolute Gasteiger partial charge is 0.311 e. The molecule has 0 aliphatic carbocycles. The van der Waals surface area contributed by atoms with Crippen molar-refractivity contribution in [1.29, 1.82) is 0 Å². The largest absolute Gasteiger partial charge is 0.493 e. The van der Waals surface area contributed by atoms with Crippen LogP contribution in [0.15, 0.2) is 60.7 Å². The van der Waals surface area contributed by atoms with Gasteiger partial charge in [-0.3, -0.25) is 14.6 Å². The van der Waals surface area contributed by atoms with Gasteiger partial charge in [0.25, 0.3) is 0 Å². The highest BCUT2D eigenvalue weighted by Gasteiger charge is 2.35. The molecule has 0 radical (unpaired) electrons. The van der Waals surface area contributed by atoms with E-state index in [0.717, 1.165) is 54.8 Å². The van der Waals surface area contributed by atoms with Crippen LogP contribution in [0.4, 0.5) is 0 Å². The van der Waals surface area contributed by atoms with E-state index < -0.39 is 0 Å². The Labute approximate surface area is 288 Å². The number of methoxy groups -OCH3 is 3. The van der Waals surface area contributed by atoms with Gasteiger partial charge in [-0.1, -0.05) is 25.1 Å². The minimum absolute atomic E-state index is 0.106. The van der Waals surface area contributed by atoms with Gasteiger partial charge in [0.15, 0.2) is 34.5 Å². The average Bonchev–Trinajstić information content (AvgIpc) is 3.11. The Kier molecular flexibility index (Phi) is 9.13. The van der Waals surface area contributed by atoms with Gasteiger partial charge in [-0.05, 0) is 110 Å². The fraction of sp³-hybridized carbons (Fsp3) is 0.375. The fourth-order valence-electron chi connectivity index (χ4n) is 7.36. The van der Waals surface area contributed by atoms with Gasteiger partial charge in [0.1, 0.15) is 5.75 Å². The van der Waals surface area contributed by atoms with Crippen LogP contribution >= 0.6 is 0 Å².